The zero-order valence-electron chi connectivity index (χ0n) is 33.2. The summed E-state index contributed by atoms with van der Waals surface area (Å²) in [5.41, 5.74) is 9.29. The first-order chi connectivity index (χ1) is 27.6. The van der Waals surface area contributed by atoms with Crippen molar-refractivity contribution in [3.05, 3.63) is 204 Å². The van der Waals surface area contributed by atoms with E-state index in [0.717, 1.165) is 17.1 Å². The molecule has 0 fully saturated rings. The van der Waals surface area contributed by atoms with Gasteiger partial charge < -0.3 is 14.5 Å². The largest absolute Gasteiger partial charge is 0.455 e. The first kappa shape index (κ1) is 38.3. The Morgan fingerprint density at radius 1 is 0.526 bits per heavy atom. The number of rotatable bonds is 8. The van der Waals surface area contributed by atoms with Crippen molar-refractivity contribution in [3.8, 4) is 11.5 Å². The second-order valence-corrected chi connectivity index (χ2v) is 15.0. The average Bonchev–Trinajstić information content (AvgIpc) is 3.56. The van der Waals surface area contributed by atoms with Gasteiger partial charge >= 0.3 is 0 Å². The first-order valence-electron chi connectivity index (χ1n) is 19.0. The number of hydrogen-bond donors (Lipinski definition) is 0. The Labute approximate surface area is 335 Å². The van der Waals surface area contributed by atoms with Crippen molar-refractivity contribution in [2.24, 2.45) is 20.5 Å². The van der Waals surface area contributed by atoms with Crippen LogP contribution in [0.1, 0.15) is 54.7 Å². The number of likely N-dealkylation sites (N-methyl/N-ethyl adjacent to an activating group) is 2. The van der Waals surface area contributed by atoms with Gasteiger partial charge in [-0.3, -0.25) is 4.79 Å². The third kappa shape index (κ3) is 7.93. The number of para-hydroxylation sites is 4. The molecule has 6 aromatic carbocycles. The van der Waals surface area contributed by atoms with Gasteiger partial charge in [0.15, 0.2) is 11.5 Å². The molecule has 0 saturated heterocycles. The van der Waals surface area contributed by atoms with Crippen molar-refractivity contribution in [3.63, 3.8) is 0 Å². The molecule has 284 valence electrons. The maximum absolute atomic E-state index is 12.9. The Balaban J connectivity index is 0.000000174. The van der Waals surface area contributed by atoms with E-state index in [1.165, 1.54) is 22.5 Å². The molecule has 2 heterocycles. The number of carbonyl (C=O) groups excluding carboxylic acids is 1. The highest BCUT2D eigenvalue weighted by Crippen LogP contribution is 2.48. The van der Waals surface area contributed by atoms with Crippen molar-refractivity contribution in [1.29, 1.82) is 0 Å². The van der Waals surface area contributed by atoms with Crippen LogP contribution in [-0.4, -0.2) is 19.9 Å². The maximum atomic E-state index is 12.9. The number of ether oxygens (including phenoxy) is 1. The lowest BCUT2D eigenvalue weighted by molar-refractivity contribution is 0.103. The van der Waals surface area contributed by atoms with Gasteiger partial charge in [-0.15, -0.1) is 5.11 Å². The first-order valence-corrected chi connectivity index (χ1v) is 19.0. The SMILES string of the molecule is CN1/C(=C/N=Nc2ccccc2C(=O)c2ccccc2)C(C)(C)c2ccccc21.CN1/C(=C/N=Nc2ccccc2Oc2ccccc2)C(C)(C)c2ccccc21. The Kier molecular flexibility index (Phi) is 11.1. The molecule has 0 unspecified atom stereocenters. The molecule has 0 saturated carbocycles. The number of allylic oxidation sites excluding steroid dienone is 2. The molecule has 0 radical (unpaired) electrons. The second kappa shape index (κ2) is 16.4. The van der Waals surface area contributed by atoms with Crippen LogP contribution in [0.3, 0.4) is 0 Å². The van der Waals surface area contributed by atoms with E-state index >= 15 is 0 Å². The fourth-order valence-corrected chi connectivity index (χ4v) is 7.49. The number of fused-ring (bicyclic) bond motifs is 2. The summed E-state index contributed by atoms with van der Waals surface area (Å²) in [5, 5.41) is 17.6. The quantitative estimate of drug-likeness (QED) is 0.115. The molecule has 0 spiro atoms. The van der Waals surface area contributed by atoms with Gasteiger partial charge in [0.2, 0.25) is 0 Å². The van der Waals surface area contributed by atoms with Crippen LogP contribution in [0, 0.1) is 0 Å². The minimum atomic E-state index is -0.163. The third-order valence-corrected chi connectivity index (χ3v) is 10.6. The number of azo groups is 2. The number of nitrogens with zero attached hydrogens (tertiary/aromatic N) is 6. The Hall–Kier alpha value is -6.93. The zero-order chi connectivity index (χ0) is 40.0. The van der Waals surface area contributed by atoms with Gasteiger partial charge in [0.25, 0.3) is 0 Å². The lowest BCUT2D eigenvalue weighted by Crippen LogP contribution is -2.22. The molecule has 0 amide bonds. The van der Waals surface area contributed by atoms with E-state index in [0.29, 0.717) is 28.3 Å². The highest BCUT2D eigenvalue weighted by Gasteiger charge is 2.39. The van der Waals surface area contributed by atoms with E-state index in [1.54, 1.807) is 12.3 Å². The van der Waals surface area contributed by atoms with Gasteiger partial charge in [-0.1, -0.05) is 137 Å². The van der Waals surface area contributed by atoms with Crippen molar-refractivity contribution in [2.75, 3.05) is 23.9 Å². The van der Waals surface area contributed by atoms with Gasteiger partial charge in [0.05, 0.1) is 23.7 Å². The van der Waals surface area contributed by atoms with Crippen molar-refractivity contribution >= 4 is 28.5 Å². The van der Waals surface area contributed by atoms with Gasteiger partial charge in [-0.05, 0) is 59.7 Å². The summed E-state index contributed by atoms with van der Waals surface area (Å²) in [5.74, 6) is 1.40. The number of hydrogen-bond acceptors (Lipinski definition) is 8. The van der Waals surface area contributed by atoms with E-state index in [2.05, 4.69) is 107 Å². The Bertz CT molecular complexity index is 2500. The molecule has 2 aliphatic heterocycles. The van der Waals surface area contributed by atoms with Crippen LogP contribution in [0.2, 0.25) is 0 Å². The van der Waals surface area contributed by atoms with Crippen molar-refractivity contribution in [2.45, 2.75) is 38.5 Å². The zero-order valence-corrected chi connectivity index (χ0v) is 33.2. The van der Waals surface area contributed by atoms with Gasteiger partial charge in [-0.2, -0.15) is 15.3 Å². The highest BCUT2D eigenvalue weighted by atomic mass is 16.5. The molecular formula is C49H46N6O2. The minimum absolute atomic E-state index is 0.0569. The van der Waals surface area contributed by atoms with Crippen LogP contribution in [0.5, 0.6) is 11.5 Å². The fraction of sp³-hybridized carbons (Fsp3) is 0.163. The molecular weight excluding hydrogens is 705 g/mol. The smallest absolute Gasteiger partial charge is 0.195 e. The van der Waals surface area contributed by atoms with E-state index in [9.17, 15) is 4.79 Å². The highest BCUT2D eigenvalue weighted by molar-refractivity contribution is 6.11. The molecule has 0 N–H and O–H groups in total. The normalized spacial score (nSPS) is 16.5. The van der Waals surface area contributed by atoms with Crippen LogP contribution in [0.25, 0.3) is 0 Å². The van der Waals surface area contributed by atoms with Crippen LogP contribution in [-0.2, 0) is 10.8 Å². The van der Waals surface area contributed by atoms with Crippen LogP contribution in [0.4, 0.5) is 22.7 Å². The van der Waals surface area contributed by atoms with E-state index < -0.39 is 0 Å². The molecule has 57 heavy (non-hydrogen) atoms. The lowest BCUT2D eigenvalue weighted by Gasteiger charge is -2.22. The number of ketones is 1. The molecule has 6 aromatic rings. The number of carbonyl (C=O) groups is 1. The summed E-state index contributed by atoms with van der Waals surface area (Å²) in [6, 6.07) is 50.7. The van der Waals surface area contributed by atoms with Gasteiger partial charge in [0, 0.05) is 53.3 Å². The lowest BCUT2D eigenvalue weighted by atomic mass is 9.84. The summed E-state index contributed by atoms with van der Waals surface area (Å²) in [6.07, 6.45) is 3.64. The Morgan fingerprint density at radius 2 is 0.965 bits per heavy atom. The molecule has 0 bridgehead atoms. The molecule has 8 rings (SSSR count). The summed E-state index contributed by atoms with van der Waals surface area (Å²) >= 11 is 0. The predicted octanol–water partition coefficient (Wildman–Crippen LogP) is 13.1. The van der Waals surface area contributed by atoms with Crippen molar-refractivity contribution in [1.82, 2.24) is 0 Å². The topological polar surface area (TPSA) is 82.2 Å². The van der Waals surface area contributed by atoms with E-state index in [-0.39, 0.29) is 16.6 Å². The molecule has 0 atom stereocenters. The Morgan fingerprint density at radius 3 is 1.53 bits per heavy atom. The molecule has 8 heteroatoms. The molecule has 2 aliphatic rings. The monoisotopic (exact) mass is 750 g/mol. The number of anilines is 2. The molecule has 0 aromatic heterocycles. The molecule has 0 aliphatic carbocycles. The third-order valence-electron chi connectivity index (χ3n) is 10.6. The summed E-state index contributed by atoms with van der Waals surface area (Å²) in [6.45, 7) is 8.79. The van der Waals surface area contributed by atoms with E-state index in [4.69, 9.17) is 4.74 Å². The van der Waals surface area contributed by atoms with Crippen molar-refractivity contribution < 1.29 is 9.53 Å². The second-order valence-electron chi connectivity index (χ2n) is 15.0. The van der Waals surface area contributed by atoms with Crippen LogP contribution in [0.15, 0.2) is 202 Å². The summed E-state index contributed by atoms with van der Waals surface area (Å²) < 4.78 is 5.96. The summed E-state index contributed by atoms with van der Waals surface area (Å²) in [4.78, 5) is 17.2. The van der Waals surface area contributed by atoms with Crippen LogP contribution >= 0.6 is 0 Å². The average molecular weight is 751 g/mol. The van der Waals surface area contributed by atoms with E-state index in [1.807, 2.05) is 122 Å². The summed E-state index contributed by atoms with van der Waals surface area (Å²) in [7, 11) is 4.11. The predicted molar refractivity (Wildman–Crippen MR) is 230 cm³/mol. The number of benzene rings is 6. The van der Waals surface area contributed by atoms with Crippen LogP contribution < -0.4 is 14.5 Å². The molecule has 8 nitrogen and oxygen atoms in total. The van der Waals surface area contributed by atoms with Gasteiger partial charge in [0.1, 0.15) is 11.4 Å². The van der Waals surface area contributed by atoms with Gasteiger partial charge in [-0.25, -0.2) is 0 Å². The standard InChI is InChI=1S/C25H23N3O.C24H23N3O/c1-25(2)20-14-8-10-16-22(20)28(3)23(25)17-26-27-21-15-9-7-13-19(21)24(29)18-11-5-4-6-12-18;1-24(2)19-13-7-9-15-21(19)27(3)23(24)17-25-26-20-14-8-10-16-22(20)28-18-11-5-4-6-12-18/h4-17H,1-3H3;4-17H,1-3H3/b23-17+,27-26?;23-17+,26-25?. The minimum Gasteiger partial charge on any atom is -0.455 e. The fourth-order valence-electron chi connectivity index (χ4n) is 7.49. The maximum Gasteiger partial charge on any atom is 0.195 e.